The van der Waals surface area contributed by atoms with Gasteiger partial charge >= 0.3 is 0 Å². The molecule has 0 aromatic heterocycles. The molecule has 0 fully saturated rings. The number of hydrogen-bond donors (Lipinski definition) is 8. The monoisotopic (exact) mass is 583 g/mol. The fourth-order valence-electron chi connectivity index (χ4n) is 4.00. The van der Waals surface area contributed by atoms with Crippen molar-refractivity contribution in [3.63, 3.8) is 0 Å². The minimum Gasteiger partial charge on any atom is -0.508 e. The highest BCUT2D eigenvalue weighted by Gasteiger charge is 2.29. The van der Waals surface area contributed by atoms with E-state index in [-0.39, 0.29) is 50.0 Å². The van der Waals surface area contributed by atoms with E-state index >= 15 is 0 Å². The molecule has 3 atom stereocenters. The Hall–Kier alpha value is -4.85. The van der Waals surface area contributed by atoms with Crippen LogP contribution in [0.2, 0.25) is 0 Å². The molecule has 2 aromatic carbocycles. The summed E-state index contributed by atoms with van der Waals surface area (Å²) in [6.07, 6.45) is 0.832. The van der Waals surface area contributed by atoms with E-state index in [1.165, 1.54) is 19.2 Å². The molecule has 0 spiro atoms. The number of phenolic OH excluding ortho intramolecular Hbond substituents is 1. The third kappa shape index (κ3) is 12.6. The first-order valence-electron chi connectivity index (χ1n) is 13.4. The van der Waals surface area contributed by atoms with E-state index in [1.54, 1.807) is 12.1 Å². The highest BCUT2D eigenvalue weighted by Crippen LogP contribution is 2.13. The highest BCUT2D eigenvalue weighted by atomic mass is 16.5. The lowest BCUT2D eigenvalue weighted by Gasteiger charge is -2.24. The number of nitrogens with zero attached hydrogens (tertiary/aromatic N) is 2. The van der Waals surface area contributed by atoms with Crippen LogP contribution in [-0.2, 0) is 32.0 Å². The van der Waals surface area contributed by atoms with Crippen molar-refractivity contribution in [2.45, 2.75) is 43.8 Å². The molecular weight excluding hydrogens is 542 g/mol. The third-order valence-electron chi connectivity index (χ3n) is 6.07. The predicted octanol–water partition coefficient (Wildman–Crippen LogP) is -1.39. The number of ether oxygens (including phenoxy) is 1. The molecule has 0 saturated carbocycles. The van der Waals surface area contributed by atoms with Crippen LogP contribution in [0.4, 0.5) is 0 Å². The summed E-state index contributed by atoms with van der Waals surface area (Å²) in [5, 5.41) is 17.8. The van der Waals surface area contributed by atoms with Gasteiger partial charge in [-0.1, -0.05) is 42.5 Å². The van der Waals surface area contributed by atoms with Crippen LogP contribution < -0.4 is 38.9 Å². The van der Waals surface area contributed by atoms with E-state index in [1.807, 2.05) is 30.3 Å². The van der Waals surface area contributed by atoms with Crippen LogP contribution in [0.25, 0.3) is 0 Å². The smallest absolute Gasteiger partial charge is 0.245 e. The molecule has 14 nitrogen and oxygen atoms in total. The molecule has 0 aliphatic heterocycles. The van der Waals surface area contributed by atoms with E-state index < -0.39 is 35.8 Å². The van der Waals surface area contributed by atoms with Crippen molar-refractivity contribution in [3.05, 3.63) is 65.7 Å². The molecular formula is C28H41N9O5. The van der Waals surface area contributed by atoms with Crippen LogP contribution in [0.3, 0.4) is 0 Å². The summed E-state index contributed by atoms with van der Waals surface area (Å²) in [7, 11) is 1.52. The minimum atomic E-state index is -1.06. The lowest BCUT2D eigenvalue weighted by Crippen LogP contribution is -2.56. The average molecular weight is 584 g/mol. The Kier molecular flexibility index (Phi) is 14.1. The summed E-state index contributed by atoms with van der Waals surface area (Å²) in [5.74, 6) is -1.93. The molecule has 0 bridgehead atoms. The third-order valence-corrected chi connectivity index (χ3v) is 6.07. The number of benzene rings is 2. The summed E-state index contributed by atoms with van der Waals surface area (Å²) in [6.45, 7) is 0.777. The maximum Gasteiger partial charge on any atom is 0.245 e. The van der Waals surface area contributed by atoms with Crippen LogP contribution in [0.5, 0.6) is 5.75 Å². The van der Waals surface area contributed by atoms with Gasteiger partial charge in [-0.05, 0) is 36.1 Å². The molecule has 0 saturated heterocycles. The number of guanidine groups is 2. The first-order chi connectivity index (χ1) is 20.1. The van der Waals surface area contributed by atoms with Crippen molar-refractivity contribution in [2.24, 2.45) is 32.9 Å². The zero-order valence-corrected chi connectivity index (χ0v) is 23.7. The molecule has 0 radical (unpaired) electrons. The summed E-state index contributed by atoms with van der Waals surface area (Å²) in [5.41, 5.74) is 23.5. The number of rotatable bonds is 17. The van der Waals surface area contributed by atoms with Gasteiger partial charge < -0.3 is 48.7 Å². The summed E-state index contributed by atoms with van der Waals surface area (Å²) in [4.78, 5) is 47.9. The number of carbonyl (C=O) groups is 3. The molecule has 12 N–H and O–H groups in total. The van der Waals surface area contributed by atoms with E-state index in [0.29, 0.717) is 18.6 Å². The topological polar surface area (TPSA) is 246 Å². The number of carbonyl (C=O) groups excluding carboxylic acids is 3. The van der Waals surface area contributed by atoms with Gasteiger partial charge in [0.15, 0.2) is 11.9 Å². The molecule has 2 rings (SSSR count). The van der Waals surface area contributed by atoms with Gasteiger partial charge in [-0.2, -0.15) is 0 Å². The van der Waals surface area contributed by atoms with Crippen molar-refractivity contribution < 1.29 is 24.2 Å². The minimum absolute atomic E-state index is 0.0652. The van der Waals surface area contributed by atoms with Gasteiger partial charge in [-0.15, -0.1) is 0 Å². The van der Waals surface area contributed by atoms with E-state index in [2.05, 4.69) is 25.9 Å². The van der Waals surface area contributed by atoms with Crippen LogP contribution in [0.1, 0.15) is 24.0 Å². The number of aliphatic imine (C=N–C) groups is 2. The van der Waals surface area contributed by atoms with Gasteiger partial charge in [0.25, 0.3) is 0 Å². The van der Waals surface area contributed by atoms with Crippen LogP contribution in [-0.4, -0.2) is 79.7 Å². The Labute approximate surface area is 245 Å². The summed E-state index contributed by atoms with van der Waals surface area (Å²) >= 11 is 0. The summed E-state index contributed by atoms with van der Waals surface area (Å²) < 4.78 is 5.00. The van der Waals surface area contributed by atoms with Gasteiger partial charge in [0.2, 0.25) is 17.7 Å². The van der Waals surface area contributed by atoms with Gasteiger partial charge in [0.05, 0.1) is 6.61 Å². The first kappa shape index (κ1) is 33.4. The average Bonchev–Trinajstić information content (AvgIpc) is 2.95. The largest absolute Gasteiger partial charge is 0.508 e. The maximum absolute atomic E-state index is 13.6. The zero-order chi connectivity index (χ0) is 30.9. The van der Waals surface area contributed by atoms with E-state index in [0.717, 1.165) is 5.56 Å². The lowest BCUT2D eigenvalue weighted by atomic mass is 10.0. The SMILES string of the molecule is COCCNC(=O)[C@H](Cc1ccccc1)NC(=O)[C@@H](CCCN=C(N)N)NC(=O)[C@H](Cc1ccc(O)cc1)N=C(N)N. The number of nitrogens with one attached hydrogen (secondary N) is 3. The van der Waals surface area contributed by atoms with Crippen LogP contribution in [0, 0.1) is 0 Å². The van der Waals surface area contributed by atoms with Crippen LogP contribution in [0.15, 0.2) is 64.6 Å². The fourth-order valence-corrected chi connectivity index (χ4v) is 4.00. The highest BCUT2D eigenvalue weighted by molar-refractivity contribution is 5.94. The van der Waals surface area contributed by atoms with Gasteiger partial charge in [-0.3, -0.25) is 19.4 Å². The Morgan fingerprint density at radius 1 is 0.833 bits per heavy atom. The van der Waals surface area contributed by atoms with Crippen molar-refractivity contribution >= 4 is 29.6 Å². The van der Waals surface area contributed by atoms with Gasteiger partial charge in [-0.25, -0.2) is 4.99 Å². The fraction of sp³-hybridized carbons (Fsp3) is 0.393. The van der Waals surface area contributed by atoms with Crippen molar-refractivity contribution in [2.75, 3.05) is 26.8 Å². The van der Waals surface area contributed by atoms with E-state index in [9.17, 15) is 19.5 Å². The standard InChI is InChI=1S/C28H41N9O5/c1-42-15-14-33-24(39)22(16-18-6-3-2-4-7-18)36-25(40)21(8-5-13-34-27(29)30)35-26(41)23(37-28(31)32)17-19-9-11-20(38)12-10-19/h2-4,6-7,9-12,21-23,38H,5,8,13-17H2,1H3,(H,33,39)(H,35,41)(H,36,40)(H4,29,30,34)(H4,31,32,37)/t21-,22+,23+/m1/s1. The lowest BCUT2D eigenvalue weighted by molar-refractivity contribution is -0.132. The molecule has 3 amide bonds. The normalized spacial score (nSPS) is 12.7. The number of aromatic hydroxyl groups is 1. The molecule has 0 unspecified atom stereocenters. The van der Waals surface area contributed by atoms with Crippen LogP contribution >= 0.6 is 0 Å². The van der Waals surface area contributed by atoms with Crippen molar-refractivity contribution in [3.8, 4) is 5.75 Å². The molecule has 228 valence electrons. The second kappa shape index (κ2) is 17.8. The summed E-state index contributed by atoms with van der Waals surface area (Å²) in [6, 6.07) is 12.4. The molecule has 0 aliphatic rings. The number of nitrogens with two attached hydrogens (primary N) is 4. The van der Waals surface area contributed by atoms with Gasteiger partial charge in [0.1, 0.15) is 23.9 Å². The van der Waals surface area contributed by atoms with Gasteiger partial charge in [0, 0.05) is 33.0 Å². The first-order valence-corrected chi connectivity index (χ1v) is 13.4. The quantitative estimate of drug-likeness (QED) is 0.0619. The van der Waals surface area contributed by atoms with E-state index in [4.69, 9.17) is 27.7 Å². The van der Waals surface area contributed by atoms with Crippen molar-refractivity contribution in [1.82, 2.24) is 16.0 Å². The molecule has 0 heterocycles. The second-order valence-electron chi connectivity index (χ2n) is 9.49. The zero-order valence-electron chi connectivity index (χ0n) is 23.7. The number of phenols is 1. The Bertz CT molecular complexity index is 1200. The number of methoxy groups -OCH3 is 1. The Balaban J connectivity index is 2.26. The number of hydrogen-bond acceptors (Lipinski definition) is 7. The Morgan fingerprint density at radius 2 is 1.48 bits per heavy atom. The predicted molar refractivity (Wildman–Crippen MR) is 160 cm³/mol. The van der Waals surface area contributed by atoms with Crippen molar-refractivity contribution in [1.29, 1.82) is 0 Å². The molecule has 2 aromatic rings. The molecule has 0 aliphatic carbocycles. The molecule has 42 heavy (non-hydrogen) atoms. The maximum atomic E-state index is 13.6. The number of amides is 3. The molecule has 14 heteroatoms. The second-order valence-corrected chi connectivity index (χ2v) is 9.49. The Morgan fingerprint density at radius 3 is 2.10 bits per heavy atom.